The second kappa shape index (κ2) is 5.38. The van der Waals surface area contributed by atoms with Gasteiger partial charge in [-0.05, 0) is 25.1 Å². The predicted octanol–water partition coefficient (Wildman–Crippen LogP) is 3.31. The lowest BCUT2D eigenvalue weighted by molar-refractivity contribution is 0.324. The fraction of sp³-hybridized carbons (Fsp3) is 0.250. The molecule has 0 bridgehead atoms. The molecule has 1 heterocycles. The molecule has 1 aromatic carbocycles. The van der Waals surface area contributed by atoms with Crippen LogP contribution in [0.25, 0.3) is 0 Å². The maximum Gasteiger partial charge on any atom is 0.142 e. The summed E-state index contributed by atoms with van der Waals surface area (Å²) in [6.07, 6.45) is 0.846. The number of aryl methyl sites for hydroxylation is 1. The lowest BCUT2D eigenvalue weighted by Gasteiger charge is -2.08. The highest BCUT2D eigenvalue weighted by Crippen LogP contribution is 2.25. The van der Waals surface area contributed by atoms with Crippen molar-refractivity contribution in [3.05, 3.63) is 39.3 Å². The van der Waals surface area contributed by atoms with Gasteiger partial charge in [-0.3, -0.25) is 0 Å². The number of halogens is 1. The summed E-state index contributed by atoms with van der Waals surface area (Å²) in [4.78, 5) is 5.44. The summed E-state index contributed by atoms with van der Waals surface area (Å²) >= 11 is 7.46. The molecule has 0 amide bonds. The van der Waals surface area contributed by atoms with Crippen molar-refractivity contribution in [2.24, 2.45) is 0 Å². The third kappa shape index (κ3) is 3.11. The van der Waals surface area contributed by atoms with Crippen LogP contribution in [0.15, 0.2) is 23.7 Å². The first-order valence-electron chi connectivity index (χ1n) is 5.23. The van der Waals surface area contributed by atoms with Crippen LogP contribution in [0.1, 0.15) is 10.6 Å². The van der Waals surface area contributed by atoms with Crippen molar-refractivity contribution in [3.8, 4) is 5.75 Å². The van der Waals surface area contributed by atoms with Gasteiger partial charge in [0.2, 0.25) is 0 Å². The molecule has 0 unspecified atom stereocenters. The molecule has 2 N–H and O–H groups in total. The normalized spacial score (nSPS) is 10.5. The number of rotatable bonds is 4. The Bertz CT molecular complexity index is 513. The Balaban J connectivity index is 1.92. The lowest BCUT2D eigenvalue weighted by atomic mass is 10.3. The Kier molecular flexibility index (Phi) is 3.86. The maximum absolute atomic E-state index is 5.81. The fourth-order valence-corrected chi connectivity index (χ4v) is 2.41. The van der Waals surface area contributed by atoms with E-state index >= 15 is 0 Å². The summed E-state index contributed by atoms with van der Waals surface area (Å²) in [7, 11) is 0. The number of ether oxygens (including phenoxy) is 1. The first-order valence-corrected chi connectivity index (χ1v) is 6.49. The van der Waals surface area contributed by atoms with Gasteiger partial charge in [-0.2, -0.15) is 0 Å². The number of nitrogen functional groups attached to an aromatic ring is 1. The van der Waals surface area contributed by atoms with Gasteiger partial charge in [0, 0.05) is 16.3 Å². The van der Waals surface area contributed by atoms with E-state index in [1.165, 1.54) is 4.88 Å². The lowest BCUT2D eigenvalue weighted by Crippen LogP contribution is -2.03. The zero-order chi connectivity index (χ0) is 12.3. The van der Waals surface area contributed by atoms with Crippen LogP contribution in [0.3, 0.4) is 0 Å². The van der Waals surface area contributed by atoms with Crippen molar-refractivity contribution in [1.82, 2.24) is 4.98 Å². The van der Waals surface area contributed by atoms with Gasteiger partial charge in [-0.15, -0.1) is 11.3 Å². The van der Waals surface area contributed by atoms with Gasteiger partial charge >= 0.3 is 0 Å². The number of nitrogens with two attached hydrogens (primary N) is 1. The smallest absolute Gasteiger partial charge is 0.142 e. The van der Waals surface area contributed by atoms with Crippen LogP contribution >= 0.6 is 22.9 Å². The van der Waals surface area contributed by atoms with Gasteiger partial charge in [0.25, 0.3) is 0 Å². The minimum absolute atomic E-state index is 0.568. The van der Waals surface area contributed by atoms with E-state index in [0.29, 0.717) is 23.1 Å². The summed E-state index contributed by atoms with van der Waals surface area (Å²) in [6.45, 7) is 2.59. The minimum atomic E-state index is 0.568. The summed E-state index contributed by atoms with van der Waals surface area (Å²) in [6, 6.07) is 5.25. The number of thiazole rings is 1. The van der Waals surface area contributed by atoms with Gasteiger partial charge < -0.3 is 10.5 Å². The first kappa shape index (κ1) is 12.2. The first-order chi connectivity index (χ1) is 8.16. The zero-order valence-corrected chi connectivity index (χ0v) is 11.0. The Hall–Kier alpha value is -1.26. The molecule has 0 atom stereocenters. The third-order valence-electron chi connectivity index (χ3n) is 2.40. The Morgan fingerprint density at radius 1 is 1.47 bits per heavy atom. The molecule has 0 aliphatic rings. The largest absolute Gasteiger partial charge is 0.491 e. The van der Waals surface area contributed by atoms with E-state index in [1.54, 1.807) is 29.5 Å². The molecular weight excluding hydrogens is 256 g/mol. The molecule has 1 aromatic heterocycles. The van der Waals surface area contributed by atoms with Crippen LogP contribution < -0.4 is 10.5 Å². The van der Waals surface area contributed by atoms with E-state index in [0.717, 1.165) is 12.1 Å². The quantitative estimate of drug-likeness (QED) is 0.866. The van der Waals surface area contributed by atoms with Gasteiger partial charge in [0.15, 0.2) is 0 Å². The molecule has 3 nitrogen and oxygen atoms in total. The van der Waals surface area contributed by atoms with Gasteiger partial charge in [0.1, 0.15) is 5.75 Å². The number of aromatic nitrogens is 1. The topological polar surface area (TPSA) is 48.1 Å². The summed E-state index contributed by atoms with van der Waals surface area (Å²) in [5.74, 6) is 0.677. The fourth-order valence-electron chi connectivity index (χ4n) is 1.47. The highest BCUT2D eigenvalue weighted by atomic mass is 35.5. The number of anilines is 1. The molecule has 90 valence electrons. The van der Waals surface area contributed by atoms with Gasteiger partial charge in [-0.25, -0.2) is 4.98 Å². The van der Waals surface area contributed by atoms with E-state index < -0.39 is 0 Å². The van der Waals surface area contributed by atoms with Crippen LogP contribution in [-0.4, -0.2) is 11.6 Å². The van der Waals surface area contributed by atoms with Crippen molar-refractivity contribution in [3.63, 3.8) is 0 Å². The number of hydrogen-bond acceptors (Lipinski definition) is 4. The van der Waals surface area contributed by atoms with Crippen LogP contribution in [0.4, 0.5) is 5.69 Å². The highest BCUT2D eigenvalue weighted by molar-refractivity contribution is 7.09. The van der Waals surface area contributed by atoms with E-state index in [9.17, 15) is 0 Å². The van der Waals surface area contributed by atoms with E-state index in [-0.39, 0.29) is 0 Å². The second-order valence-electron chi connectivity index (χ2n) is 3.64. The molecule has 2 rings (SSSR count). The van der Waals surface area contributed by atoms with Crippen molar-refractivity contribution < 1.29 is 4.74 Å². The molecule has 0 fully saturated rings. The third-order valence-corrected chi connectivity index (χ3v) is 3.63. The molecular formula is C12H13ClN2OS. The van der Waals surface area contributed by atoms with E-state index in [1.807, 2.05) is 12.4 Å². The average molecular weight is 269 g/mol. The van der Waals surface area contributed by atoms with Gasteiger partial charge in [0.05, 0.1) is 23.5 Å². The van der Waals surface area contributed by atoms with Crippen LogP contribution in [0.5, 0.6) is 5.75 Å². The number of benzene rings is 1. The molecule has 5 heteroatoms. The number of nitrogens with zero attached hydrogens (tertiary/aromatic N) is 1. The Labute approximate surface area is 109 Å². The zero-order valence-electron chi connectivity index (χ0n) is 9.44. The van der Waals surface area contributed by atoms with Crippen molar-refractivity contribution in [1.29, 1.82) is 0 Å². The summed E-state index contributed by atoms with van der Waals surface area (Å²) in [5, 5.41) is 0.619. The van der Waals surface area contributed by atoms with Crippen LogP contribution in [0.2, 0.25) is 5.02 Å². The molecule has 17 heavy (non-hydrogen) atoms. The molecule has 0 saturated carbocycles. The van der Waals surface area contributed by atoms with Crippen molar-refractivity contribution in [2.45, 2.75) is 13.3 Å². The molecule has 0 aliphatic heterocycles. The molecule has 0 saturated heterocycles. The van der Waals surface area contributed by atoms with E-state index in [2.05, 4.69) is 4.98 Å². The monoisotopic (exact) mass is 268 g/mol. The maximum atomic E-state index is 5.81. The van der Waals surface area contributed by atoms with Gasteiger partial charge in [-0.1, -0.05) is 11.6 Å². The second-order valence-corrected chi connectivity index (χ2v) is 5.02. The Morgan fingerprint density at radius 2 is 2.29 bits per heavy atom. The van der Waals surface area contributed by atoms with Crippen molar-refractivity contribution >= 4 is 28.6 Å². The highest BCUT2D eigenvalue weighted by Gasteiger charge is 2.04. The average Bonchev–Trinajstić information content (AvgIpc) is 2.68. The summed E-state index contributed by atoms with van der Waals surface area (Å²) < 4.78 is 5.62. The minimum Gasteiger partial charge on any atom is -0.491 e. The summed E-state index contributed by atoms with van der Waals surface area (Å²) in [5.41, 5.74) is 9.28. The SMILES string of the molecule is Cc1ncsc1CCOc1ccc(Cl)cc1N. The number of hydrogen-bond donors (Lipinski definition) is 1. The molecule has 2 aromatic rings. The Morgan fingerprint density at radius 3 is 2.94 bits per heavy atom. The standard InChI is InChI=1S/C12H13ClN2OS/c1-8-12(17-7-15-8)4-5-16-11-3-2-9(13)6-10(11)14/h2-3,6-7H,4-5,14H2,1H3. The molecule has 0 spiro atoms. The van der Waals surface area contributed by atoms with Crippen LogP contribution in [-0.2, 0) is 6.42 Å². The molecule has 0 radical (unpaired) electrons. The van der Waals surface area contributed by atoms with Crippen molar-refractivity contribution in [2.75, 3.05) is 12.3 Å². The molecule has 0 aliphatic carbocycles. The van der Waals surface area contributed by atoms with Crippen LogP contribution in [0, 0.1) is 6.92 Å². The van der Waals surface area contributed by atoms with E-state index in [4.69, 9.17) is 22.1 Å². The predicted molar refractivity (Wildman–Crippen MR) is 71.9 cm³/mol.